The van der Waals surface area contributed by atoms with Crippen LogP contribution in [0.5, 0.6) is 0 Å². The van der Waals surface area contributed by atoms with Crippen molar-refractivity contribution in [3.63, 3.8) is 0 Å². The van der Waals surface area contributed by atoms with Gasteiger partial charge in [-0.25, -0.2) is 0 Å². The molecule has 0 atom stereocenters. The average molecular weight is 330 g/mol. The number of aromatic nitrogens is 2. The third-order valence-corrected chi connectivity index (χ3v) is 4.42. The molecule has 5 nitrogen and oxygen atoms in total. The molecular formula is C11H12BrN3O2S. The van der Waals surface area contributed by atoms with Gasteiger partial charge in [-0.2, -0.15) is 4.98 Å². The highest BCUT2D eigenvalue weighted by molar-refractivity contribution is 9.11. The fourth-order valence-corrected chi connectivity index (χ4v) is 2.84. The molecule has 0 unspecified atom stereocenters. The number of thiophene rings is 1. The zero-order valence-electron chi connectivity index (χ0n) is 9.99. The molecule has 1 N–H and O–H groups in total. The van der Waals surface area contributed by atoms with E-state index in [4.69, 9.17) is 4.52 Å². The molecule has 0 aliphatic rings. The normalized spacial score (nSPS) is 10.6. The molecular weight excluding hydrogens is 318 g/mol. The number of halogens is 1. The Kier molecular flexibility index (Phi) is 4.13. The maximum Gasteiger partial charge on any atom is 0.261 e. The third kappa shape index (κ3) is 3.17. The highest BCUT2D eigenvalue weighted by atomic mass is 79.9. The summed E-state index contributed by atoms with van der Waals surface area (Å²) in [6, 6.07) is 1.86. The van der Waals surface area contributed by atoms with Crippen molar-refractivity contribution in [1.29, 1.82) is 0 Å². The Hall–Kier alpha value is -1.21. The van der Waals surface area contributed by atoms with Crippen molar-refractivity contribution in [1.82, 2.24) is 15.5 Å². The van der Waals surface area contributed by atoms with Gasteiger partial charge in [0.05, 0.1) is 8.66 Å². The molecule has 2 aromatic heterocycles. The molecule has 0 aliphatic carbocycles. The van der Waals surface area contributed by atoms with Crippen LogP contribution in [0.15, 0.2) is 14.4 Å². The van der Waals surface area contributed by atoms with Crippen molar-refractivity contribution >= 4 is 33.2 Å². The van der Waals surface area contributed by atoms with Crippen LogP contribution in [0.25, 0.3) is 0 Å². The van der Waals surface area contributed by atoms with Gasteiger partial charge in [0.25, 0.3) is 5.91 Å². The highest BCUT2D eigenvalue weighted by Crippen LogP contribution is 2.27. The van der Waals surface area contributed by atoms with Gasteiger partial charge in [0.1, 0.15) is 0 Å². The molecule has 0 saturated carbocycles. The maximum absolute atomic E-state index is 11.8. The molecule has 1 amide bonds. The second-order valence-corrected chi connectivity index (χ2v) is 6.17. The molecule has 0 aromatic carbocycles. The number of hydrogen-bond acceptors (Lipinski definition) is 5. The largest absolute Gasteiger partial charge is 0.351 e. The second kappa shape index (κ2) is 5.62. The Morgan fingerprint density at radius 3 is 2.89 bits per heavy atom. The third-order valence-electron chi connectivity index (χ3n) is 2.28. The van der Waals surface area contributed by atoms with E-state index >= 15 is 0 Å². The predicted octanol–water partition coefficient (Wildman–Crippen LogP) is 2.48. The van der Waals surface area contributed by atoms with Crippen LogP contribution in [-0.2, 0) is 6.42 Å². The van der Waals surface area contributed by atoms with Crippen LogP contribution < -0.4 is 5.32 Å². The van der Waals surface area contributed by atoms with E-state index in [2.05, 4.69) is 31.4 Å². The van der Waals surface area contributed by atoms with Crippen LogP contribution in [-0.4, -0.2) is 22.6 Å². The van der Waals surface area contributed by atoms with E-state index in [9.17, 15) is 4.79 Å². The minimum atomic E-state index is -0.0750. The number of aryl methyl sites for hydroxylation is 2. The Labute approximate surface area is 117 Å². The quantitative estimate of drug-likeness (QED) is 0.935. The lowest BCUT2D eigenvalue weighted by Crippen LogP contribution is -2.25. The minimum absolute atomic E-state index is 0.0750. The summed E-state index contributed by atoms with van der Waals surface area (Å²) >= 11 is 4.83. The monoisotopic (exact) mass is 329 g/mol. The van der Waals surface area contributed by atoms with Crippen molar-refractivity contribution in [2.75, 3.05) is 6.54 Å². The number of nitrogens with one attached hydrogen (secondary N) is 1. The molecule has 96 valence electrons. The van der Waals surface area contributed by atoms with E-state index in [1.807, 2.05) is 13.0 Å². The zero-order chi connectivity index (χ0) is 13.1. The van der Waals surface area contributed by atoms with E-state index in [1.165, 1.54) is 11.3 Å². The summed E-state index contributed by atoms with van der Waals surface area (Å²) in [5.74, 6) is 1.07. The van der Waals surface area contributed by atoms with Crippen LogP contribution in [0.3, 0.4) is 0 Å². The van der Waals surface area contributed by atoms with Crippen molar-refractivity contribution in [3.05, 3.63) is 32.0 Å². The van der Waals surface area contributed by atoms with Gasteiger partial charge >= 0.3 is 0 Å². The molecule has 2 rings (SSSR count). The average Bonchev–Trinajstić information content (AvgIpc) is 2.87. The van der Waals surface area contributed by atoms with Crippen LogP contribution in [0.2, 0.25) is 0 Å². The van der Waals surface area contributed by atoms with Crippen LogP contribution in [0.4, 0.5) is 0 Å². The Bertz CT molecular complexity index is 545. The number of nitrogens with zero attached hydrogens (tertiary/aromatic N) is 2. The number of hydrogen-bond donors (Lipinski definition) is 1. The SMILES string of the molecule is Cc1nc(CCNC(=O)c2cc(C)c(Br)s2)no1. The second-order valence-electron chi connectivity index (χ2n) is 3.80. The van der Waals surface area contributed by atoms with Gasteiger partial charge in [0.15, 0.2) is 5.82 Å². The first-order chi connectivity index (χ1) is 8.56. The van der Waals surface area contributed by atoms with Gasteiger partial charge < -0.3 is 9.84 Å². The summed E-state index contributed by atoms with van der Waals surface area (Å²) in [6.07, 6.45) is 0.564. The zero-order valence-corrected chi connectivity index (χ0v) is 12.4. The fourth-order valence-electron chi connectivity index (χ4n) is 1.39. The molecule has 18 heavy (non-hydrogen) atoms. The van der Waals surface area contributed by atoms with Gasteiger partial charge in [-0.1, -0.05) is 5.16 Å². The molecule has 2 heterocycles. The first-order valence-corrected chi connectivity index (χ1v) is 7.00. The van der Waals surface area contributed by atoms with Crippen molar-refractivity contribution in [2.45, 2.75) is 20.3 Å². The van der Waals surface area contributed by atoms with Gasteiger partial charge in [0, 0.05) is 19.9 Å². The molecule has 0 radical (unpaired) electrons. The van der Waals surface area contributed by atoms with Crippen molar-refractivity contribution in [3.8, 4) is 0 Å². The summed E-state index contributed by atoms with van der Waals surface area (Å²) in [5.41, 5.74) is 1.07. The van der Waals surface area contributed by atoms with Crippen LogP contribution >= 0.6 is 27.3 Å². The van der Waals surface area contributed by atoms with E-state index < -0.39 is 0 Å². The van der Waals surface area contributed by atoms with Crippen LogP contribution in [0, 0.1) is 13.8 Å². The van der Waals surface area contributed by atoms with Gasteiger partial charge in [0.2, 0.25) is 5.89 Å². The van der Waals surface area contributed by atoms with Gasteiger partial charge in [-0.05, 0) is 34.5 Å². The summed E-state index contributed by atoms with van der Waals surface area (Å²) in [4.78, 5) is 16.6. The smallest absolute Gasteiger partial charge is 0.261 e. The van der Waals surface area contributed by atoms with E-state index in [0.29, 0.717) is 29.6 Å². The molecule has 7 heteroatoms. The summed E-state index contributed by atoms with van der Waals surface area (Å²) in [7, 11) is 0. The molecule has 0 bridgehead atoms. The summed E-state index contributed by atoms with van der Waals surface area (Å²) in [6.45, 7) is 4.19. The van der Waals surface area contributed by atoms with E-state index in [1.54, 1.807) is 6.92 Å². The first kappa shape index (κ1) is 13.2. The fraction of sp³-hybridized carbons (Fsp3) is 0.364. The number of amides is 1. The van der Waals surface area contributed by atoms with Gasteiger partial charge in [-0.3, -0.25) is 4.79 Å². The lowest BCUT2D eigenvalue weighted by molar-refractivity contribution is 0.0958. The summed E-state index contributed by atoms with van der Waals surface area (Å²) in [5, 5.41) is 6.59. The summed E-state index contributed by atoms with van der Waals surface area (Å²) < 4.78 is 5.84. The number of rotatable bonds is 4. The molecule has 0 aliphatic heterocycles. The van der Waals surface area contributed by atoms with E-state index in [0.717, 1.165) is 9.35 Å². The topological polar surface area (TPSA) is 68.0 Å². The molecule has 0 saturated heterocycles. The highest BCUT2D eigenvalue weighted by Gasteiger charge is 2.11. The van der Waals surface area contributed by atoms with Crippen molar-refractivity contribution < 1.29 is 9.32 Å². The first-order valence-electron chi connectivity index (χ1n) is 5.39. The Morgan fingerprint density at radius 2 is 2.33 bits per heavy atom. The van der Waals surface area contributed by atoms with Gasteiger partial charge in [-0.15, -0.1) is 11.3 Å². The van der Waals surface area contributed by atoms with Crippen LogP contribution in [0.1, 0.15) is 27.0 Å². The van der Waals surface area contributed by atoms with E-state index in [-0.39, 0.29) is 5.91 Å². The standard InChI is InChI=1S/C11H12BrN3O2S/c1-6-5-8(18-10(6)12)11(16)13-4-3-9-14-7(2)17-15-9/h5H,3-4H2,1-2H3,(H,13,16). The molecule has 2 aromatic rings. The minimum Gasteiger partial charge on any atom is -0.351 e. The number of carbonyl (C=O) groups is 1. The Balaban J connectivity index is 1.85. The molecule has 0 fully saturated rings. The Morgan fingerprint density at radius 1 is 1.56 bits per heavy atom. The number of carbonyl (C=O) groups excluding carboxylic acids is 1. The van der Waals surface area contributed by atoms with Crippen molar-refractivity contribution in [2.24, 2.45) is 0 Å². The predicted molar refractivity (Wildman–Crippen MR) is 71.8 cm³/mol. The lowest BCUT2D eigenvalue weighted by atomic mass is 10.3. The maximum atomic E-state index is 11.8. The lowest BCUT2D eigenvalue weighted by Gasteiger charge is -2.00. The molecule has 0 spiro atoms.